The first-order valence-electron chi connectivity index (χ1n) is 6.64. The second kappa shape index (κ2) is 5.49. The van der Waals surface area contributed by atoms with Gasteiger partial charge in [0.25, 0.3) is 0 Å². The van der Waals surface area contributed by atoms with Crippen LogP contribution in [0.5, 0.6) is 0 Å². The Kier molecular flexibility index (Phi) is 3.93. The van der Waals surface area contributed by atoms with Crippen molar-refractivity contribution in [3.63, 3.8) is 0 Å². The van der Waals surface area contributed by atoms with E-state index in [2.05, 4.69) is 22.2 Å². The maximum absolute atomic E-state index is 12.4. The van der Waals surface area contributed by atoms with E-state index in [-0.39, 0.29) is 22.1 Å². The number of carboxylic acid groups (broad SMARTS) is 1. The molecule has 1 aromatic heterocycles. The lowest BCUT2D eigenvalue weighted by atomic mass is 10.2. The summed E-state index contributed by atoms with van der Waals surface area (Å²) in [5.41, 5.74) is -0.251. The van der Waals surface area contributed by atoms with Crippen molar-refractivity contribution in [1.29, 1.82) is 0 Å². The Labute approximate surface area is 116 Å². The number of hydrogen-bond acceptors (Lipinski definition) is 5. The summed E-state index contributed by atoms with van der Waals surface area (Å²) in [4.78, 5) is 27.0. The predicted octanol–water partition coefficient (Wildman–Crippen LogP) is 2.59. The highest BCUT2D eigenvalue weighted by atomic mass is 16.4. The van der Waals surface area contributed by atoms with Crippen LogP contribution in [-0.4, -0.2) is 44.8 Å². The molecule has 0 bridgehead atoms. The third-order valence-electron chi connectivity index (χ3n) is 3.35. The number of rotatable bonds is 6. The molecule has 1 N–H and O–H groups in total. The molecular weight excluding hydrogens is 262 g/mol. The van der Waals surface area contributed by atoms with Gasteiger partial charge < -0.3 is 5.11 Å². The van der Waals surface area contributed by atoms with Crippen LogP contribution in [0.1, 0.15) is 43.1 Å². The minimum Gasteiger partial charge on any atom is -0.476 e. The average molecular weight is 280 g/mol. The van der Waals surface area contributed by atoms with Crippen LogP contribution in [0.25, 0.3) is 0 Å². The van der Waals surface area contributed by atoms with Crippen LogP contribution in [0.2, 0.25) is 0 Å². The number of carbonyl (C=O) groups is 2. The van der Waals surface area contributed by atoms with Gasteiger partial charge in [0.1, 0.15) is 19.9 Å². The molecule has 0 spiro atoms. The average Bonchev–Trinajstić information content (AvgIpc) is 2.84. The topological polar surface area (TPSA) is 96.9 Å². The van der Waals surface area contributed by atoms with Gasteiger partial charge in [0.15, 0.2) is 5.69 Å². The van der Waals surface area contributed by atoms with Gasteiger partial charge in [-0.25, -0.2) is 14.6 Å². The van der Waals surface area contributed by atoms with Crippen LogP contribution < -0.4 is 0 Å². The van der Waals surface area contributed by atoms with Gasteiger partial charge >= 0.3 is 12.0 Å². The van der Waals surface area contributed by atoms with Crippen molar-refractivity contribution in [2.45, 2.75) is 32.6 Å². The SMILES string of the molecule is CCCCCC[N+]1(C)N=Nc2c(C(=O)O)ncn2C1=O. The first kappa shape index (κ1) is 14.3. The van der Waals surface area contributed by atoms with E-state index in [1.165, 1.54) is 6.33 Å². The molecule has 20 heavy (non-hydrogen) atoms. The Morgan fingerprint density at radius 3 is 2.80 bits per heavy atom. The second-order valence-electron chi connectivity index (χ2n) is 4.99. The zero-order chi connectivity index (χ0) is 14.8. The Morgan fingerprint density at radius 2 is 2.15 bits per heavy atom. The zero-order valence-electron chi connectivity index (χ0n) is 11.6. The molecule has 0 fully saturated rings. The summed E-state index contributed by atoms with van der Waals surface area (Å²) in [5.74, 6) is -1.23. The zero-order valence-corrected chi connectivity index (χ0v) is 11.6. The molecular formula is C12H18N5O3+. The third-order valence-corrected chi connectivity index (χ3v) is 3.35. The summed E-state index contributed by atoms with van der Waals surface area (Å²) in [6.07, 6.45) is 5.33. The van der Waals surface area contributed by atoms with E-state index in [0.717, 1.165) is 30.3 Å². The molecule has 0 radical (unpaired) electrons. The fourth-order valence-corrected chi connectivity index (χ4v) is 2.13. The van der Waals surface area contributed by atoms with E-state index >= 15 is 0 Å². The lowest BCUT2D eigenvalue weighted by Crippen LogP contribution is -2.48. The number of carbonyl (C=O) groups excluding carboxylic acids is 1. The van der Waals surface area contributed by atoms with E-state index in [9.17, 15) is 9.59 Å². The van der Waals surface area contributed by atoms with Gasteiger partial charge in [-0.1, -0.05) is 29.5 Å². The van der Waals surface area contributed by atoms with Crippen LogP contribution in [0, 0.1) is 0 Å². The molecule has 1 aromatic rings. The summed E-state index contributed by atoms with van der Waals surface area (Å²) in [5, 5.41) is 16.8. The number of unbranched alkanes of at least 4 members (excludes halogenated alkanes) is 3. The van der Waals surface area contributed by atoms with E-state index in [0.29, 0.717) is 6.54 Å². The van der Waals surface area contributed by atoms with E-state index < -0.39 is 5.97 Å². The molecule has 1 amide bonds. The van der Waals surface area contributed by atoms with Gasteiger partial charge in [-0.3, -0.25) is 0 Å². The summed E-state index contributed by atoms with van der Waals surface area (Å²) in [7, 11) is 1.67. The molecule has 1 unspecified atom stereocenters. The molecule has 2 rings (SSSR count). The standard InChI is InChI=1S/C12H17N5O3/c1-3-4-5-6-7-17(2)12(20)16-8-13-9(11(18)19)10(16)14-15-17/h8H,3-7H2,1-2H3/p+1. The number of aromatic carboxylic acids is 1. The van der Waals surface area contributed by atoms with Gasteiger partial charge in [-0.2, -0.15) is 4.57 Å². The number of amides is 1. The van der Waals surface area contributed by atoms with Crippen LogP contribution in [0.3, 0.4) is 0 Å². The number of hydrogen-bond donors (Lipinski definition) is 1. The highest BCUT2D eigenvalue weighted by Crippen LogP contribution is 2.27. The molecule has 1 atom stereocenters. The Morgan fingerprint density at radius 1 is 1.40 bits per heavy atom. The van der Waals surface area contributed by atoms with Gasteiger partial charge in [0, 0.05) is 5.22 Å². The maximum Gasteiger partial charge on any atom is 0.458 e. The van der Waals surface area contributed by atoms with Crippen molar-refractivity contribution < 1.29 is 19.3 Å². The van der Waals surface area contributed by atoms with Crippen LogP contribution in [0.4, 0.5) is 10.6 Å². The van der Waals surface area contributed by atoms with E-state index in [1.54, 1.807) is 7.05 Å². The fourth-order valence-electron chi connectivity index (χ4n) is 2.13. The molecule has 0 aliphatic carbocycles. The molecule has 2 heterocycles. The monoisotopic (exact) mass is 280 g/mol. The summed E-state index contributed by atoms with van der Waals surface area (Å²) in [6, 6.07) is -0.327. The summed E-state index contributed by atoms with van der Waals surface area (Å²) < 4.78 is 0.961. The molecule has 8 heteroatoms. The van der Waals surface area contributed by atoms with Gasteiger partial charge in [0.2, 0.25) is 5.82 Å². The van der Waals surface area contributed by atoms with Gasteiger partial charge in [0.05, 0.1) is 0 Å². The number of nitrogens with zero attached hydrogens (tertiary/aromatic N) is 5. The maximum atomic E-state index is 12.4. The third kappa shape index (κ3) is 2.46. The number of fused-ring (bicyclic) bond motifs is 1. The Hall–Kier alpha value is -2.09. The van der Waals surface area contributed by atoms with Crippen LogP contribution >= 0.6 is 0 Å². The Bertz CT molecular complexity index is 565. The van der Waals surface area contributed by atoms with Crippen molar-refractivity contribution in [2.75, 3.05) is 13.6 Å². The molecule has 0 aromatic carbocycles. The molecule has 108 valence electrons. The molecule has 1 aliphatic rings. The smallest absolute Gasteiger partial charge is 0.458 e. The van der Waals surface area contributed by atoms with Gasteiger partial charge in [-0.15, -0.1) is 0 Å². The highest BCUT2D eigenvalue weighted by molar-refractivity contribution is 5.92. The number of aromatic nitrogens is 2. The molecule has 0 saturated carbocycles. The molecule has 0 saturated heterocycles. The first-order valence-corrected chi connectivity index (χ1v) is 6.64. The van der Waals surface area contributed by atoms with E-state index in [1.807, 2.05) is 0 Å². The minimum atomic E-state index is -1.22. The fraction of sp³-hybridized carbons (Fsp3) is 0.583. The summed E-state index contributed by atoms with van der Waals surface area (Å²) >= 11 is 0. The lowest BCUT2D eigenvalue weighted by Gasteiger charge is -2.25. The predicted molar refractivity (Wildman–Crippen MR) is 69.7 cm³/mol. The van der Waals surface area contributed by atoms with Crippen LogP contribution in [0.15, 0.2) is 16.7 Å². The van der Waals surface area contributed by atoms with Crippen molar-refractivity contribution in [3.05, 3.63) is 12.0 Å². The molecule has 1 aliphatic heterocycles. The van der Waals surface area contributed by atoms with Crippen molar-refractivity contribution >= 4 is 17.8 Å². The quantitative estimate of drug-likeness (QED) is 0.639. The Balaban J connectivity index is 2.18. The number of imidazole rings is 1. The minimum absolute atomic E-state index is 0.00772. The van der Waals surface area contributed by atoms with Crippen molar-refractivity contribution in [2.24, 2.45) is 10.3 Å². The van der Waals surface area contributed by atoms with E-state index in [4.69, 9.17) is 5.11 Å². The normalized spacial score (nSPS) is 21.0. The largest absolute Gasteiger partial charge is 0.476 e. The van der Waals surface area contributed by atoms with Crippen LogP contribution in [-0.2, 0) is 0 Å². The molecule has 8 nitrogen and oxygen atoms in total. The summed E-state index contributed by atoms with van der Waals surface area (Å²) in [6.45, 7) is 2.66. The number of quaternary nitrogens is 1. The number of carboxylic acids is 1. The first-order chi connectivity index (χ1) is 9.49. The second-order valence-corrected chi connectivity index (χ2v) is 4.99. The lowest BCUT2D eigenvalue weighted by molar-refractivity contribution is -0.843. The van der Waals surface area contributed by atoms with Crippen molar-refractivity contribution in [3.8, 4) is 0 Å². The van der Waals surface area contributed by atoms with Gasteiger partial charge in [-0.05, 0) is 12.8 Å². The van der Waals surface area contributed by atoms with Crippen molar-refractivity contribution in [1.82, 2.24) is 9.55 Å². The highest BCUT2D eigenvalue weighted by Gasteiger charge is 2.40.